The molecule has 10 heteroatoms. The predicted octanol–water partition coefficient (Wildman–Crippen LogP) is 4.39. The number of amides is 1. The Bertz CT molecular complexity index is 1540. The van der Waals surface area contributed by atoms with E-state index in [1.54, 1.807) is 32.4 Å². The van der Waals surface area contributed by atoms with Gasteiger partial charge in [0.2, 0.25) is 5.76 Å². The Labute approximate surface area is 193 Å². The molecule has 34 heavy (non-hydrogen) atoms. The van der Waals surface area contributed by atoms with Crippen LogP contribution in [0.4, 0.5) is 10.1 Å². The highest BCUT2D eigenvalue weighted by molar-refractivity contribution is 6.06. The van der Waals surface area contributed by atoms with Gasteiger partial charge in [0.25, 0.3) is 11.7 Å². The molecule has 0 saturated carbocycles. The number of hydrogen-bond donors (Lipinski definition) is 0. The number of nitrogens with zero attached hydrogens (tertiary/aromatic N) is 7. The van der Waals surface area contributed by atoms with Gasteiger partial charge < -0.3 is 4.42 Å². The zero-order valence-electron chi connectivity index (χ0n) is 18.3. The van der Waals surface area contributed by atoms with Crippen molar-refractivity contribution in [3.8, 4) is 22.6 Å². The second-order valence-corrected chi connectivity index (χ2v) is 7.41. The number of anilines is 1. The normalized spacial score (nSPS) is 11.0. The van der Waals surface area contributed by atoms with Crippen LogP contribution >= 0.6 is 0 Å². The van der Waals surface area contributed by atoms with Gasteiger partial charge in [-0.2, -0.15) is 4.98 Å². The molecule has 5 rings (SSSR count). The number of carbonyl (C=O) groups is 1. The molecule has 1 aromatic carbocycles. The van der Waals surface area contributed by atoms with Gasteiger partial charge in [0.1, 0.15) is 5.82 Å². The Kier molecular flexibility index (Phi) is 5.17. The van der Waals surface area contributed by atoms with Gasteiger partial charge >= 0.3 is 0 Å². The third-order valence-corrected chi connectivity index (χ3v) is 5.12. The Hall–Kier alpha value is -4.73. The zero-order valence-corrected chi connectivity index (χ0v) is 18.3. The number of aryl methyl sites for hydroxylation is 2. The van der Waals surface area contributed by atoms with Crippen LogP contribution in [-0.2, 0) is 0 Å². The average molecular weight is 455 g/mol. The second-order valence-electron chi connectivity index (χ2n) is 7.41. The summed E-state index contributed by atoms with van der Waals surface area (Å²) < 4.78 is 21.7. The van der Waals surface area contributed by atoms with Gasteiger partial charge in [0.15, 0.2) is 11.7 Å². The molecule has 1 amide bonds. The molecular formula is C24H18FN7O2. The molecule has 0 aliphatic heterocycles. The summed E-state index contributed by atoms with van der Waals surface area (Å²) in [6.45, 7) is 7.04. The smallest absolute Gasteiger partial charge is 0.300 e. The number of aromatic nitrogens is 6. The van der Waals surface area contributed by atoms with E-state index in [-0.39, 0.29) is 17.1 Å². The third-order valence-electron chi connectivity index (χ3n) is 5.12. The summed E-state index contributed by atoms with van der Waals surface area (Å²) in [5, 5.41) is 4.39. The van der Waals surface area contributed by atoms with Crippen molar-refractivity contribution in [1.29, 1.82) is 0 Å². The molecule has 4 aromatic heterocycles. The van der Waals surface area contributed by atoms with E-state index < -0.39 is 11.7 Å². The van der Waals surface area contributed by atoms with Crippen LogP contribution in [0.1, 0.15) is 22.1 Å². The maximum absolute atomic E-state index is 14.8. The van der Waals surface area contributed by atoms with E-state index >= 15 is 0 Å². The molecule has 0 saturated heterocycles. The number of carbonyl (C=O) groups excluding carboxylic acids is 1. The van der Waals surface area contributed by atoms with Gasteiger partial charge in [-0.05, 0) is 37.3 Å². The zero-order chi connectivity index (χ0) is 23.8. The lowest BCUT2D eigenvalue weighted by molar-refractivity contribution is 0.0969. The molecule has 0 radical (unpaired) electrons. The molecular weight excluding hydrogens is 437 g/mol. The van der Waals surface area contributed by atoms with Gasteiger partial charge in [-0.15, -0.1) is 5.10 Å². The highest BCUT2D eigenvalue weighted by atomic mass is 19.1. The second kappa shape index (κ2) is 8.32. The molecule has 4 heterocycles. The van der Waals surface area contributed by atoms with Crippen LogP contribution in [0.3, 0.4) is 0 Å². The fraction of sp³-hybridized carbons (Fsp3) is 0.0833. The number of halogens is 1. The minimum absolute atomic E-state index is 0.0837. The Morgan fingerprint density at radius 3 is 2.74 bits per heavy atom. The SMILES string of the molecule is C=CN(C(=O)c1oc(C)nc1C)c1ccc(F)c(-c2nc3ncc(-c4ccccn4)cn3n2)c1. The fourth-order valence-electron chi connectivity index (χ4n) is 3.54. The van der Waals surface area contributed by atoms with E-state index in [1.807, 2.05) is 18.2 Å². The lowest BCUT2D eigenvalue weighted by atomic mass is 10.1. The summed E-state index contributed by atoms with van der Waals surface area (Å²) in [6.07, 6.45) is 6.36. The largest absolute Gasteiger partial charge is 0.436 e. The van der Waals surface area contributed by atoms with E-state index in [0.29, 0.717) is 23.0 Å². The fourth-order valence-corrected chi connectivity index (χ4v) is 3.54. The van der Waals surface area contributed by atoms with E-state index in [1.165, 1.54) is 33.8 Å². The van der Waals surface area contributed by atoms with Crippen molar-refractivity contribution in [2.45, 2.75) is 13.8 Å². The standard InChI is InChI=1S/C24H18FN7O2/c1-4-31(23(33)21-14(2)28-15(3)34-21)17-8-9-19(25)18(11-17)22-29-24-27-12-16(13-32(24)30-22)20-7-5-6-10-26-20/h4-13H,1H2,2-3H3. The quantitative estimate of drug-likeness (QED) is 0.387. The molecule has 0 aliphatic carbocycles. The average Bonchev–Trinajstić information content (AvgIpc) is 3.42. The maximum atomic E-state index is 14.8. The highest BCUT2D eigenvalue weighted by Gasteiger charge is 2.24. The monoisotopic (exact) mass is 455 g/mol. The molecule has 0 unspecified atom stereocenters. The van der Waals surface area contributed by atoms with Crippen molar-refractivity contribution in [2.75, 3.05) is 4.90 Å². The number of benzene rings is 1. The first-order valence-corrected chi connectivity index (χ1v) is 10.3. The van der Waals surface area contributed by atoms with Gasteiger partial charge in [0.05, 0.1) is 17.0 Å². The highest BCUT2D eigenvalue weighted by Crippen LogP contribution is 2.28. The summed E-state index contributed by atoms with van der Waals surface area (Å²) in [6, 6.07) is 9.72. The third kappa shape index (κ3) is 3.71. The number of rotatable bonds is 5. The molecule has 0 atom stereocenters. The Morgan fingerprint density at radius 2 is 2.03 bits per heavy atom. The van der Waals surface area contributed by atoms with Gasteiger partial charge in [-0.25, -0.2) is 18.9 Å². The van der Waals surface area contributed by atoms with Crippen molar-refractivity contribution in [2.24, 2.45) is 0 Å². The van der Waals surface area contributed by atoms with Crippen LogP contribution in [0.25, 0.3) is 28.4 Å². The van der Waals surface area contributed by atoms with Gasteiger partial charge in [0, 0.05) is 43.0 Å². The topological polar surface area (TPSA) is 102 Å². The van der Waals surface area contributed by atoms with E-state index in [0.717, 1.165) is 11.3 Å². The number of fused-ring (bicyclic) bond motifs is 1. The van der Waals surface area contributed by atoms with Crippen LogP contribution in [-0.4, -0.2) is 35.5 Å². The summed E-state index contributed by atoms with van der Waals surface area (Å²) >= 11 is 0. The van der Waals surface area contributed by atoms with Crippen molar-refractivity contribution in [3.63, 3.8) is 0 Å². The number of oxazole rings is 1. The van der Waals surface area contributed by atoms with Crippen LogP contribution < -0.4 is 4.90 Å². The van der Waals surface area contributed by atoms with E-state index in [9.17, 15) is 9.18 Å². The first kappa shape index (κ1) is 21.1. The molecule has 0 aliphatic rings. The minimum atomic E-state index is -0.548. The summed E-state index contributed by atoms with van der Waals surface area (Å²) in [4.78, 5) is 31.4. The van der Waals surface area contributed by atoms with Crippen molar-refractivity contribution < 1.29 is 13.6 Å². The van der Waals surface area contributed by atoms with Crippen LogP contribution in [0.5, 0.6) is 0 Å². The van der Waals surface area contributed by atoms with Crippen molar-refractivity contribution >= 4 is 17.4 Å². The summed E-state index contributed by atoms with van der Waals surface area (Å²) in [7, 11) is 0. The molecule has 168 valence electrons. The lowest BCUT2D eigenvalue weighted by Crippen LogP contribution is -2.25. The molecule has 5 aromatic rings. The first-order valence-electron chi connectivity index (χ1n) is 10.3. The van der Waals surface area contributed by atoms with Crippen molar-refractivity contribution in [3.05, 3.63) is 90.9 Å². The van der Waals surface area contributed by atoms with Crippen LogP contribution in [0.2, 0.25) is 0 Å². The Morgan fingerprint density at radius 1 is 1.18 bits per heavy atom. The molecule has 0 N–H and O–H groups in total. The molecule has 0 fully saturated rings. The maximum Gasteiger partial charge on any atom is 0.300 e. The molecule has 0 spiro atoms. The predicted molar refractivity (Wildman–Crippen MR) is 122 cm³/mol. The van der Waals surface area contributed by atoms with E-state index in [2.05, 4.69) is 31.6 Å². The first-order chi connectivity index (χ1) is 16.4. The van der Waals surface area contributed by atoms with Crippen LogP contribution in [0, 0.1) is 19.7 Å². The molecule has 0 bridgehead atoms. The lowest BCUT2D eigenvalue weighted by Gasteiger charge is -2.17. The molecule has 9 nitrogen and oxygen atoms in total. The van der Waals surface area contributed by atoms with E-state index in [4.69, 9.17) is 4.42 Å². The Balaban J connectivity index is 1.54. The van der Waals surface area contributed by atoms with Gasteiger partial charge in [-0.3, -0.25) is 14.7 Å². The number of pyridine rings is 1. The summed E-state index contributed by atoms with van der Waals surface area (Å²) in [5.41, 5.74) is 2.38. The van der Waals surface area contributed by atoms with Crippen molar-refractivity contribution in [1.82, 2.24) is 29.5 Å². The number of hydrogen-bond acceptors (Lipinski definition) is 7. The summed E-state index contributed by atoms with van der Waals surface area (Å²) in [5.74, 6) is -0.156. The van der Waals surface area contributed by atoms with Crippen LogP contribution in [0.15, 0.2) is 72.2 Å². The minimum Gasteiger partial charge on any atom is -0.436 e. The van der Waals surface area contributed by atoms with Gasteiger partial charge in [-0.1, -0.05) is 12.6 Å².